The zero-order valence-corrected chi connectivity index (χ0v) is 15.3. The highest BCUT2D eigenvalue weighted by Gasteiger charge is 2.30. The molecule has 2 aromatic heterocycles. The molecule has 1 aliphatic rings. The second-order valence-electron chi connectivity index (χ2n) is 6.31. The van der Waals surface area contributed by atoms with Crippen molar-refractivity contribution in [3.05, 3.63) is 48.9 Å². The Bertz CT molecular complexity index is 1010. The van der Waals surface area contributed by atoms with Gasteiger partial charge in [0.1, 0.15) is 11.3 Å². The summed E-state index contributed by atoms with van der Waals surface area (Å²) in [5.74, 6) is 0.641. The number of pyridine rings is 1. The van der Waals surface area contributed by atoms with Crippen LogP contribution in [0.15, 0.2) is 53.8 Å². The zero-order valence-electron chi connectivity index (χ0n) is 14.4. The van der Waals surface area contributed by atoms with E-state index < -0.39 is 10.0 Å². The van der Waals surface area contributed by atoms with Crippen LogP contribution in [0.1, 0.15) is 18.9 Å². The molecule has 7 nitrogen and oxygen atoms in total. The van der Waals surface area contributed by atoms with Gasteiger partial charge >= 0.3 is 0 Å². The van der Waals surface area contributed by atoms with Crippen LogP contribution in [0.2, 0.25) is 0 Å². The van der Waals surface area contributed by atoms with Gasteiger partial charge in [0.15, 0.2) is 5.65 Å². The highest BCUT2D eigenvalue weighted by Crippen LogP contribution is 2.29. The van der Waals surface area contributed by atoms with Gasteiger partial charge in [-0.2, -0.15) is 4.31 Å². The van der Waals surface area contributed by atoms with Crippen molar-refractivity contribution in [2.75, 3.05) is 20.2 Å². The van der Waals surface area contributed by atoms with Gasteiger partial charge in [-0.05, 0) is 49.2 Å². The topological polar surface area (TPSA) is 77.3 Å². The molecular weight excluding hydrogens is 352 g/mol. The summed E-state index contributed by atoms with van der Waals surface area (Å²) in [5.41, 5.74) is 1.71. The van der Waals surface area contributed by atoms with Crippen LogP contribution in [0.3, 0.4) is 0 Å². The van der Waals surface area contributed by atoms with Gasteiger partial charge in [0.2, 0.25) is 10.0 Å². The van der Waals surface area contributed by atoms with Gasteiger partial charge in [-0.25, -0.2) is 18.4 Å². The third-order valence-electron chi connectivity index (χ3n) is 4.85. The molecule has 1 aliphatic heterocycles. The van der Waals surface area contributed by atoms with Gasteiger partial charge in [0.05, 0.1) is 18.3 Å². The fourth-order valence-electron chi connectivity index (χ4n) is 3.39. The molecule has 0 radical (unpaired) electrons. The van der Waals surface area contributed by atoms with Crippen LogP contribution in [0, 0.1) is 0 Å². The molecule has 4 rings (SSSR count). The second-order valence-corrected chi connectivity index (χ2v) is 8.25. The molecule has 0 N–H and O–H groups in total. The average molecular weight is 372 g/mol. The third-order valence-corrected chi connectivity index (χ3v) is 6.76. The van der Waals surface area contributed by atoms with Gasteiger partial charge in [-0.3, -0.25) is 0 Å². The molecule has 0 amide bonds. The van der Waals surface area contributed by atoms with Crippen molar-refractivity contribution in [2.24, 2.45) is 0 Å². The van der Waals surface area contributed by atoms with Crippen molar-refractivity contribution in [1.82, 2.24) is 18.8 Å². The number of ether oxygens (including phenoxy) is 1. The molecule has 0 atom stereocenters. The highest BCUT2D eigenvalue weighted by atomic mass is 32.2. The van der Waals surface area contributed by atoms with E-state index in [9.17, 15) is 8.42 Å². The van der Waals surface area contributed by atoms with Crippen LogP contribution in [0.5, 0.6) is 5.75 Å². The van der Waals surface area contributed by atoms with Gasteiger partial charge in [0.25, 0.3) is 0 Å². The number of methoxy groups -OCH3 is 1. The van der Waals surface area contributed by atoms with Crippen molar-refractivity contribution in [3.8, 4) is 5.75 Å². The summed E-state index contributed by atoms with van der Waals surface area (Å²) < 4.78 is 34.4. The SMILES string of the molecule is COc1ccc(S(=O)(=O)N2CCC(n3cnc4cccnc43)CC2)cc1. The molecule has 8 heteroatoms. The summed E-state index contributed by atoms with van der Waals surface area (Å²) in [4.78, 5) is 9.08. The number of aromatic nitrogens is 3. The molecule has 0 spiro atoms. The predicted octanol–water partition coefficient (Wildman–Crippen LogP) is 2.47. The molecule has 1 saturated heterocycles. The molecule has 0 aliphatic carbocycles. The van der Waals surface area contributed by atoms with Crippen LogP contribution in [-0.4, -0.2) is 47.5 Å². The summed E-state index contributed by atoms with van der Waals surface area (Å²) in [7, 11) is -1.93. The number of sulfonamides is 1. The van der Waals surface area contributed by atoms with Gasteiger partial charge in [-0.1, -0.05) is 0 Å². The fourth-order valence-corrected chi connectivity index (χ4v) is 4.86. The van der Waals surface area contributed by atoms with Crippen molar-refractivity contribution in [3.63, 3.8) is 0 Å². The number of rotatable bonds is 4. The Kier molecular flexibility index (Phi) is 4.37. The van der Waals surface area contributed by atoms with Crippen molar-refractivity contribution in [1.29, 1.82) is 0 Å². The summed E-state index contributed by atoms with van der Waals surface area (Å²) in [6, 6.07) is 10.5. The first-order valence-corrected chi connectivity index (χ1v) is 9.95. The Labute approximate surface area is 152 Å². The van der Waals surface area contributed by atoms with E-state index in [1.165, 1.54) is 0 Å². The summed E-state index contributed by atoms with van der Waals surface area (Å²) >= 11 is 0. The number of hydrogen-bond acceptors (Lipinski definition) is 5. The molecule has 136 valence electrons. The third kappa shape index (κ3) is 2.95. The number of imidazole rings is 1. The summed E-state index contributed by atoms with van der Waals surface area (Å²) in [6.45, 7) is 0.955. The second kappa shape index (κ2) is 6.69. The lowest BCUT2D eigenvalue weighted by atomic mass is 10.1. The molecule has 1 fully saturated rings. The maximum absolute atomic E-state index is 12.8. The molecule has 26 heavy (non-hydrogen) atoms. The summed E-state index contributed by atoms with van der Waals surface area (Å²) in [5, 5.41) is 0. The minimum Gasteiger partial charge on any atom is -0.497 e. The van der Waals surface area contributed by atoms with E-state index in [1.54, 1.807) is 48.2 Å². The van der Waals surface area contributed by atoms with E-state index in [1.807, 2.05) is 12.1 Å². The minimum absolute atomic E-state index is 0.206. The van der Waals surface area contributed by atoms with E-state index in [0.29, 0.717) is 23.7 Å². The van der Waals surface area contributed by atoms with E-state index in [-0.39, 0.29) is 6.04 Å². The first-order valence-electron chi connectivity index (χ1n) is 8.51. The summed E-state index contributed by atoms with van der Waals surface area (Å²) in [6.07, 6.45) is 5.02. The van der Waals surface area contributed by atoms with Gasteiger partial charge in [-0.15, -0.1) is 0 Å². The average Bonchev–Trinajstić information content (AvgIpc) is 3.12. The first kappa shape index (κ1) is 17.0. The Balaban J connectivity index is 1.50. The van der Waals surface area contributed by atoms with E-state index in [2.05, 4.69) is 14.5 Å². The lowest BCUT2D eigenvalue weighted by molar-refractivity contribution is 0.276. The number of hydrogen-bond donors (Lipinski definition) is 0. The van der Waals surface area contributed by atoms with Crippen LogP contribution in [0.25, 0.3) is 11.2 Å². The Hall–Kier alpha value is -2.45. The van der Waals surface area contributed by atoms with Crippen LogP contribution >= 0.6 is 0 Å². The van der Waals surface area contributed by atoms with E-state index >= 15 is 0 Å². The van der Waals surface area contributed by atoms with Crippen molar-refractivity contribution >= 4 is 21.2 Å². The molecule has 0 bridgehead atoms. The van der Waals surface area contributed by atoms with Crippen LogP contribution < -0.4 is 4.74 Å². The maximum Gasteiger partial charge on any atom is 0.243 e. The fraction of sp³-hybridized carbons (Fsp3) is 0.333. The number of benzene rings is 1. The molecule has 3 aromatic rings. The lowest BCUT2D eigenvalue weighted by Gasteiger charge is -2.31. The van der Waals surface area contributed by atoms with E-state index in [0.717, 1.165) is 24.0 Å². The maximum atomic E-state index is 12.8. The quantitative estimate of drug-likeness (QED) is 0.703. The van der Waals surface area contributed by atoms with Gasteiger partial charge < -0.3 is 9.30 Å². The standard InChI is InChI=1S/C18H20N4O3S/c1-25-15-4-6-16(7-5-15)26(23,24)21-11-8-14(9-12-21)22-13-20-17-3-2-10-19-18(17)22/h2-7,10,13-14H,8-9,11-12H2,1H3. The Morgan fingerprint density at radius 1 is 1.08 bits per heavy atom. The smallest absolute Gasteiger partial charge is 0.243 e. The lowest BCUT2D eigenvalue weighted by Crippen LogP contribution is -2.39. The molecule has 0 saturated carbocycles. The first-order chi connectivity index (χ1) is 12.6. The zero-order chi connectivity index (χ0) is 18.1. The molecule has 3 heterocycles. The number of piperidine rings is 1. The monoisotopic (exact) mass is 372 g/mol. The van der Waals surface area contributed by atoms with Gasteiger partial charge in [0, 0.05) is 25.3 Å². The predicted molar refractivity (Wildman–Crippen MR) is 97.6 cm³/mol. The number of nitrogens with zero attached hydrogens (tertiary/aromatic N) is 4. The Morgan fingerprint density at radius 2 is 1.81 bits per heavy atom. The van der Waals surface area contributed by atoms with Crippen LogP contribution in [0.4, 0.5) is 0 Å². The van der Waals surface area contributed by atoms with Crippen LogP contribution in [-0.2, 0) is 10.0 Å². The number of fused-ring (bicyclic) bond motifs is 1. The van der Waals surface area contributed by atoms with Crippen molar-refractivity contribution in [2.45, 2.75) is 23.8 Å². The van der Waals surface area contributed by atoms with E-state index in [4.69, 9.17) is 4.74 Å². The minimum atomic E-state index is -3.48. The largest absolute Gasteiger partial charge is 0.497 e. The molecule has 1 aromatic carbocycles. The Morgan fingerprint density at radius 3 is 2.50 bits per heavy atom. The molecular formula is C18H20N4O3S. The highest BCUT2D eigenvalue weighted by molar-refractivity contribution is 7.89. The van der Waals surface area contributed by atoms with Crippen molar-refractivity contribution < 1.29 is 13.2 Å². The molecule has 0 unspecified atom stereocenters. The normalized spacial score (nSPS) is 16.8.